The summed E-state index contributed by atoms with van der Waals surface area (Å²) in [5, 5.41) is 2.75. The third-order valence-electron chi connectivity index (χ3n) is 5.49. The van der Waals surface area contributed by atoms with E-state index in [0.29, 0.717) is 11.4 Å². The van der Waals surface area contributed by atoms with E-state index >= 15 is 0 Å². The SMILES string of the molecule is COc1ccc(C)cc1NC(=O)CN1C(=O)[C@@H]2[C@@H](C1=O)[C@H]1C=C[C@H]2C1. The maximum absolute atomic E-state index is 12.6. The zero-order chi connectivity index (χ0) is 17.7. The first-order valence-electron chi connectivity index (χ1n) is 8.47. The fourth-order valence-corrected chi connectivity index (χ4v) is 4.37. The lowest BCUT2D eigenvalue weighted by Gasteiger charge is -2.17. The number of benzene rings is 1. The third-order valence-corrected chi connectivity index (χ3v) is 5.49. The lowest BCUT2D eigenvalue weighted by molar-refractivity contribution is -0.143. The van der Waals surface area contributed by atoms with Gasteiger partial charge in [-0.2, -0.15) is 0 Å². The van der Waals surface area contributed by atoms with Gasteiger partial charge in [-0.25, -0.2) is 0 Å². The van der Waals surface area contributed by atoms with Crippen LogP contribution >= 0.6 is 0 Å². The molecule has 130 valence electrons. The summed E-state index contributed by atoms with van der Waals surface area (Å²) in [5.74, 6) is -0.528. The van der Waals surface area contributed by atoms with Gasteiger partial charge in [0.1, 0.15) is 12.3 Å². The molecule has 1 saturated heterocycles. The van der Waals surface area contributed by atoms with E-state index in [1.807, 2.05) is 25.1 Å². The van der Waals surface area contributed by atoms with Crippen molar-refractivity contribution in [2.75, 3.05) is 19.0 Å². The highest BCUT2D eigenvalue weighted by atomic mass is 16.5. The average Bonchev–Trinajstić information content (AvgIpc) is 3.25. The molecule has 1 heterocycles. The summed E-state index contributed by atoms with van der Waals surface area (Å²) in [5.41, 5.74) is 1.51. The third kappa shape index (κ3) is 2.44. The molecular weight excluding hydrogens is 320 g/mol. The predicted molar refractivity (Wildman–Crippen MR) is 90.8 cm³/mol. The molecule has 1 aliphatic heterocycles. The van der Waals surface area contributed by atoms with Gasteiger partial charge < -0.3 is 10.1 Å². The minimum absolute atomic E-state index is 0.149. The maximum Gasteiger partial charge on any atom is 0.244 e. The number of imide groups is 1. The number of fused-ring (bicyclic) bond motifs is 5. The lowest BCUT2D eigenvalue weighted by atomic mass is 9.85. The Hall–Kier alpha value is -2.63. The summed E-state index contributed by atoms with van der Waals surface area (Å²) >= 11 is 0. The van der Waals surface area contributed by atoms with Crippen LogP contribution in [-0.4, -0.2) is 36.3 Å². The molecule has 0 spiro atoms. The molecule has 3 amide bonds. The lowest BCUT2D eigenvalue weighted by Crippen LogP contribution is -2.39. The molecule has 1 N–H and O–H groups in total. The number of aryl methyl sites for hydroxylation is 1. The van der Waals surface area contributed by atoms with Gasteiger partial charge in [-0.3, -0.25) is 19.3 Å². The van der Waals surface area contributed by atoms with Gasteiger partial charge in [0.15, 0.2) is 0 Å². The van der Waals surface area contributed by atoms with E-state index < -0.39 is 5.91 Å². The van der Waals surface area contributed by atoms with Crippen molar-refractivity contribution >= 4 is 23.4 Å². The van der Waals surface area contributed by atoms with Crippen molar-refractivity contribution in [1.82, 2.24) is 4.90 Å². The summed E-state index contributed by atoms with van der Waals surface area (Å²) in [6.45, 7) is 1.66. The van der Waals surface area contributed by atoms with Gasteiger partial charge in [0, 0.05) is 0 Å². The zero-order valence-corrected chi connectivity index (χ0v) is 14.2. The molecule has 2 aliphatic carbocycles. The smallest absolute Gasteiger partial charge is 0.244 e. The van der Waals surface area contributed by atoms with Crippen LogP contribution in [0, 0.1) is 30.6 Å². The highest BCUT2D eigenvalue weighted by Gasteiger charge is 2.59. The quantitative estimate of drug-likeness (QED) is 0.669. The van der Waals surface area contributed by atoms with Gasteiger partial charge in [-0.05, 0) is 42.9 Å². The Labute approximate surface area is 145 Å². The van der Waals surface area contributed by atoms with Gasteiger partial charge >= 0.3 is 0 Å². The Morgan fingerprint density at radius 3 is 2.44 bits per heavy atom. The summed E-state index contributed by atoms with van der Waals surface area (Å²) in [6, 6.07) is 5.44. The fraction of sp³-hybridized carbons (Fsp3) is 0.421. The number of hydrogen-bond acceptors (Lipinski definition) is 4. The number of hydrogen-bond donors (Lipinski definition) is 1. The van der Waals surface area contributed by atoms with Crippen molar-refractivity contribution in [2.24, 2.45) is 23.7 Å². The normalized spacial score (nSPS) is 29.3. The molecule has 2 bridgehead atoms. The van der Waals surface area contributed by atoms with Crippen LogP contribution in [0.4, 0.5) is 5.69 Å². The van der Waals surface area contributed by atoms with Gasteiger partial charge in [0.25, 0.3) is 0 Å². The fourth-order valence-electron chi connectivity index (χ4n) is 4.37. The topological polar surface area (TPSA) is 75.7 Å². The minimum atomic E-state index is -0.397. The largest absolute Gasteiger partial charge is 0.495 e. The van der Waals surface area contributed by atoms with E-state index in [0.717, 1.165) is 16.9 Å². The summed E-state index contributed by atoms with van der Waals surface area (Å²) < 4.78 is 5.24. The number of amides is 3. The van der Waals surface area contributed by atoms with Crippen LogP contribution in [0.15, 0.2) is 30.4 Å². The number of carbonyl (C=O) groups is 3. The van der Waals surface area contributed by atoms with Gasteiger partial charge in [0.2, 0.25) is 17.7 Å². The number of allylic oxidation sites excluding steroid dienone is 2. The van der Waals surface area contributed by atoms with Crippen molar-refractivity contribution in [1.29, 1.82) is 0 Å². The summed E-state index contributed by atoms with van der Waals surface area (Å²) in [6.07, 6.45) is 4.96. The molecule has 1 aromatic rings. The number of nitrogens with one attached hydrogen (secondary N) is 1. The Kier molecular flexibility index (Phi) is 3.63. The van der Waals surface area contributed by atoms with Crippen LogP contribution in [0.5, 0.6) is 5.75 Å². The van der Waals surface area contributed by atoms with Crippen molar-refractivity contribution < 1.29 is 19.1 Å². The second kappa shape index (κ2) is 5.72. The molecular formula is C19H20N2O4. The van der Waals surface area contributed by atoms with Gasteiger partial charge in [-0.15, -0.1) is 0 Å². The Balaban J connectivity index is 1.48. The van der Waals surface area contributed by atoms with Crippen molar-refractivity contribution in [3.05, 3.63) is 35.9 Å². The number of rotatable bonds is 4. The molecule has 2 fully saturated rings. The van der Waals surface area contributed by atoms with Crippen LogP contribution in [0.2, 0.25) is 0 Å². The van der Waals surface area contributed by atoms with Crippen molar-refractivity contribution in [3.8, 4) is 5.75 Å². The van der Waals surface area contributed by atoms with Crippen molar-refractivity contribution in [2.45, 2.75) is 13.3 Å². The van der Waals surface area contributed by atoms with E-state index in [1.54, 1.807) is 12.1 Å². The highest BCUT2D eigenvalue weighted by molar-refractivity contribution is 6.09. The molecule has 1 aromatic carbocycles. The van der Waals surface area contributed by atoms with Crippen molar-refractivity contribution in [3.63, 3.8) is 0 Å². The molecule has 4 atom stereocenters. The van der Waals surface area contributed by atoms with Crippen LogP contribution in [0.3, 0.4) is 0 Å². The second-order valence-electron chi connectivity index (χ2n) is 7.01. The summed E-state index contributed by atoms with van der Waals surface area (Å²) in [4.78, 5) is 38.8. The number of likely N-dealkylation sites (tertiary alicyclic amines) is 1. The number of ether oxygens (including phenoxy) is 1. The molecule has 1 saturated carbocycles. The Morgan fingerprint density at radius 1 is 1.20 bits per heavy atom. The van der Waals surface area contributed by atoms with E-state index in [2.05, 4.69) is 5.32 Å². The number of anilines is 1. The molecule has 25 heavy (non-hydrogen) atoms. The Morgan fingerprint density at radius 2 is 1.84 bits per heavy atom. The molecule has 6 nitrogen and oxygen atoms in total. The predicted octanol–water partition coefficient (Wildman–Crippen LogP) is 1.75. The van der Waals surface area contributed by atoms with E-state index in [4.69, 9.17) is 4.74 Å². The van der Waals surface area contributed by atoms with Crippen LogP contribution < -0.4 is 10.1 Å². The van der Waals surface area contributed by atoms with E-state index in [1.165, 1.54) is 7.11 Å². The monoisotopic (exact) mass is 340 g/mol. The van der Waals surface area contributed by atoms with Gasteiger partial charge in [0.05, 0.1) is 24.6 Å². The number of methoxy groups -OCH3 is 1. The number of carbonyl (C=O) groups excluding carboxylic acids is 3. The van der Waals surface area contributed by atoms with Crippen LogP contribution in [0.1, 0.15) is 12.0 Å². The molecule has 0 aromatic heterocycles. The van der Waals surface area contributed by atoms with E-state index in [9.17, 15) is 14.4 Å². The Bertz CT molecular complexity index is 771. The molecule has 6 heteroatoms. The molecule has 0 radical (unpaired) electrons. The highest BCUT2D eigenvalue weighted by Crippen LogP contribution is 2.52. The molecule has 0 unspecified atom stereocenters. The first-order valence-corrected chi connectivity index (χ1v) is 8.47. The number of nitrogens with zero attached hydrogens (tertiary/aromatic N) is 1. The second-order valence-corrected chi connectivity index (χ2v) is 7.01. The summed E-state index contributed by atoms with van der Waals surface area (Å²) in [7, 11) is 1.53. The first kappa shape index (κ1) is 15.9. The van der Waals surface area contributed by atoms with Gasteiger partial charge in [-0.1, -0.05) is 18.2 Å². The molecule has 3 aliphatic rings. The first-order chi connectivity index (χ1) is 12.0. The van der Waals surface area contributed by atoms with Crippen LogP contribution in [-0.2, 0) is 14.4 Å². The maximum atomic E-state index is 12.6. The van der Waals surface area contributed by atoms with Crippen LogP contribution in [0.25, 0.3) is 0 Å². The van der Waals surface area contributed by atoms with E-state index in [-0.39, 0.29) is 42.0 Å². The standard InChI is InChI=1S/C19H20N2O4/c1-10-3-6-14(25-2)13(7-10)20-15(22)9-21-18(23)16-11-4-5-12(8-11)17(16)19(21)24/h3-7,11-12,16-17H,8-9H2,1-2H3,(H,20,22)/t11-,12-,16-,17-/m0/s1. The minimum Gasteiger partial charge on any atom is -0.495 e. The zero-order valence-electron chi connectivity index (χ0n) is 14.2. The molecule has 4 rings (SSSR count). The average molecular weight is 340 g/mol.